The van der Waals surface area contributed by atoms with Crippen molar-refractivity contribution in [2.45, 2.75) is 72.8 Å². The van der Waals surface area contributed by atoms with Gasteiger partial charge in [-0.1, -0.05) is 45.2 Å². The Morgan fingerprint density at radius 1 is 1.10 bits per heavy atom. The molecule has 1 heterocycles. The van der Waals surface area contributed by atoms with Gasteiger partial charge >= 0.3 is 0 Å². The van der Waals surface area contributed by atoms with Crippen LogP contribution in [0, 0.1) is 6.92 Å². The first-order valence-corrected chi connectivity index (χ1v) is 8.06. The summed E-state index contributed by atoms with van der Waals surface area (Å²) in [6, 6.07) is 0.413. The Labute approximate surface area is 128 Å². The van der Waals surface area contributed by atoms with E-state index in [9.17, 15) is 0 Å². The van der Waals surface area contributed by atoms with Crippen molar-refractivity contribution in [1.29, 1.82) is 0 Å². The number of nitrogens with zero attached hydrogens (tertiary/aromatic N) is 3. The number of aromatic nitrogens is 2. The average Bonchev–Trinajstić information content (AvgIpc) is 2.38. The largest absolute Gasteiger partial charge is 0.354 e. The molecule has 0 amide bonds. The van der Waals surface area contributed by atoms with E-state index < -0.39 is 0 Å². The van der Waals surface area contributed by atoms with Crippen LogP contribution < -0.4 is 4.90 Å². The van der Waals surface area contributed by atoms with Crippen LogP contribution in [0.15, 0.2) is 0 Å². The van der Waals surface area contributed by atoms with Gasteiger partial charge in [0, 0.05) is 24.1 Å². The maximum atomic E-state index is 6.30. The molecule has 1 aromatic rings. The molecule has 0 radical (unpaired) electrons. The lowest BCUT2D eigenvalue weighted by Crippen LogP contribution is -2.33. The number of halogens is 1. The number of hydrogen-bond acceptors (Lipinski definition) is 3. The Kier molecular flexibility index (Phi) is 6.74. The van der Waals surface area contributed by atoms with Crippen molar-refractivity contribution >= 4 is 17.4 Å². The van der Waals surface area contributed by atoms with E-state index in [1.165, 1.54) is 19.3 Å². The fourth-order valence-electron chi connectivity index (χ4n) is 2.17. The zero-order chi connectivity index (χ0) is 15.3. The lowest BCUT2D eigenvalue weighted by molar-refractivity contribution is 0.613. The van der Waals surface area contributed by atoms with E-state index in [2.05, 4.69) is 44.5 Å². The molecule has 1 rings (SSSR count). The Bertz CT molecular complexity index is 430. The molecule has 3 nitrogen and oxygen atoms in total. The molecule has 20 heavy (non-hydrogen) atoms. The van der Waals surface area contributed by atoms with Crippen LogP contribution in [-0.4, -0.2) is 22.6 Å². The van der Waals surface area contributed by atoms with Gasteiger partial charge in [0.25, 0.3) is 0 Å². The maximum absolute atomic E-state index is 6.30. The van der Waals surface area contributed by atoms with Gasteiger partial charge in [0.15, 0.2) is 0 Å². The second kappa shape index (κ2) is 7.82. The minimum absolute atomic E-state index is 0.288. The van der Waals surface area contributed by atoms with Gasteiger partial charge in [-0.15, -0.1) is 0 Å². The molecule has 4 heteroatoms. The molecule has 0 aliphatic carbocycles. The summed E-state index contributed by atoms with van der Waals surface area (Å²) in [5.41, 5.74) is 0.987. The summed E-state index contributed by atoms with van der Waals surface area (Å²) in [4.78, 5) is 11.5. The van der Waals surface area contributed by atoms with Crippen LogP contribution in [0.3, 0.4) is 0 Å². The first-order valence-electron chi connectivity index (χ1n) is 7.69. The van der Waals surface area contributed by atoms with E-state index in [0.29, 0.717) is 11.2 Å². The van der Waals surface area contributed by atoms with E-state index in [0.717, 1.165) is 23.8 Å². The Morgan fingerprint density at radius 3 is 2.25 bits per heavy atom. The third kappa shape index (κ3) is 4.34. The number of anilines is 1. The normalized spacial score (nSPS) is 11.4. The molecule has 0 fully saturated rings. The number of hydrogen-bond donors (Lipinski definition) is 0. The Morgan fingerprint density at radius 2 is 1.75 bits per heavy atom. The highest BCUT2D eigenvalue weighted by molar-refractivity contribution is 6.30. The van der Waals surface area contributed by atoms with Crippen molar-refractivity contribution in [3.05, 3.63) is 16.5 Å². The maximum Gasteiger partial charge on any atom is 0.137 e. The zero-order valence-electron chi connectivity index (χ0n) is 13.7. The van der Waals surface area contributed by atoms with Gasteiger partial charge in [0.05, 0.1) is 0 Å². The van der Waals surface area contributed by atoms with Crippen molar-refractivity contribution < 1.29 is 0 Å². The molecule has 0 unspecified atom stereocenters. The molecular weight excluding hydrogens is 270 g/mol. The van der Waals surface area contributed by atoms with E-state index in [-0.39, 0.29) is 5.92 Å². The molecular formula is C16H28ClN3. The lowest BCUT2D eigenvalue weighted by Gasteiger charge is -2.30. The van der Waals surface area contributed by atoms with Crippen molar-refractivity contribution in [3.8, 4) is 0 Å². The van der Waals surface area contributed by atoms with Gasteiger partial charge in [0.2, 0.25) is 0 Å². The van der Waals surface area contributed by atoms with Crippen LogP contribution in [-0.2, 0) is 0 Å². The zero-order valence-corrected chi connectivity index (χ0v) is 14.5. The van der Waals surface area contributed by atoms with Crippen LogP contribution in [0.4, 0.5) is 5.82 Å². The molecule has 0 saturated carbocycles. The van der Waals surface area contributed by atoms with Gasteiger partial charge in [-0.05, 0) is 27.2 Å². The summed E-state index contributed by atoms with van der Waals surface area (Å²) in [7, 11) is 0. The molecule has 0 aliphatic heterocycles. The van der Waals surface area contributed by atoms with E-state index >= 15 is 0 Å². The van der Waals surface area contributed by atoms with Gasteiger partial charge < -0.3 is 4.90 Å². The monoisotopic (exact) mass is 297 g/mol. The SMILES string of the molecule is CCCCCN(c1nc(C(C)C)nc(Cl)c1C)C(C)C. The Balaban J connectivity index is 3.11. The standard InChI is InChI=1S/C16H28ClN3/c1-7-8-9-10-20(12(4)5)16-13(6)14(17)18-15(19-16)11(2)3/h11-12H,7-10H2,1-6H3. The Hall–Kier alpha value is -0.830. The minimum Gasteiger partial charge on any atom is -0.354 e. The fraction of sp³-hybridized carbons (Fsp3) is 0.750. The molecule has 0 bridgehead atoms. The predicted octanol–water partition coefficient (Wildman–Crippen LogP) is 4.97. The number of rotatable bonds is 7. The summed E-state index contributed by atoms with van der Waals surface area (Å²) in [5.74, 6) is 2.12. The summed E-state index contributed by atoms with van der Waals surface area (Å²) >= 11 is 6.30. The molecule has 0 spiro atoms. The van der Waals surface area contributed by atoms with Gasteiger partial charge in [-0.25, -0.2) is 9.97 Å². The van der Waals surface area contributed by atoms with Crippen LogP contribution in [0.25, 0.3) is 0 Å². The fourth-order valence-corrected chi connectivity index (χ4v) is 2.34. The summed E-state index contributed by atoms with van der Waals surface area (Å²) < 4.78 is 0. The molecule has 0 N–H and O–H groups in total. The van der Waals surface area contributed by atoms with Crippen molar-refractivity contribution in [2.24, 2.45) is 0 Å². The van der Waals surface area contributed by atoms with Crippen LogP contribution in [0.5, 0.6) is 0 Å². The summed E-state index contributed by atoms with van der Waals surface area (Å²) in [6.45, 7) is 13.9. The quantitative estimate of drug-likeness (QED) is 0.526. The first kappa shape index (κ1) is 17.2. The average molecular weight is 298 g/mol. The van der Waals surface area contributed by atoms with Crippen LogP contribution >= 0.6 is 11.6 Å². The topological polar surface area (TPSA) is 29.0 Å². The van der Waals surface area contributed by atoms with E-state index in [1.54, 1.807) is 0 Å². The molecule has 0 atom stereocenters. The molecule has 114 valence electrons. The highest BCUT2D eigenvalue weighted by Crippen LogP contribution is 2.27. The first-order chi connectivity index (χ1) is 9.38. The summed E-state index contributed by atoms with van der Waals surface area (Å²) in [6.07, 6.45) is 3.66. The van der Waals surface area contributed by atoms with Crippen LogP contribution in [0.1, 0.15) is 71.2 Å². The minimum atomic E-state index is 0.288. The van der Waals surface area contributed by atoms with E-state index in [4.69, 9.17) is 16.6 Å². The van der Waals surface area contributed by atoms with E-state index in [1.807, 2.05) is 6.92 Å². The van der Waals surface area contributed by atoms with Crippen LogP contribution in [0.2, 0.25) is 5.15 Å². The lowest BCUT2D eigenvalue weighted by atomic mass is 10.1. The van der Waals surface area contributed by atoms with Crippen molar-refractivity contribution in [2.75, 3.05) is 11.4 Å². The second-order valence-corrected chi connectivity index (χ2v) is 6.33. The predicted molar refractivity (Wildman–Crippen MR) is 87.9 cm³/mol. The van der Waals surface area contributed by atoms with Gasteiger partial charge in [0.1, 0.15) is 16.8 Å². The third-order valence-corrected chi connectivity index (χ3v) is 3.86. The molecule has 1 aromatic heterocycles. The molecule has 0 aliphatic rings. The van der Waals surface area contributed by atoms with Crippen molar-refractivity contribution in [3.63, 3.8) is 0 Å². The highest BCUT2D eigenvalue weighted by atomic mass is 35.5. The highest BCUT2D eigenvalue weighted by Gasteiger charge is 2.19. The van der Waals surface area contributed by atoms with Gasteiger partial charge in [-0.2, -0.15) is 0 Å². The second-order valence-electron chi connectivity index (χ2n) is 5.97. The summed E-state index contributed by atoms with van der Waals surface area (Å²) in [5, 5.41) is 0.583. The smallest absolute Gasteiger partial charge is 0.137 e. The third-order valence-electron chi connectivity index (χ3n) is 3.49. The van der Waals surface area contributed by atoms with Crippen molar-refractivity contribution in [1.82, 2.24) is 9.97 Å². The number of unbranched alkanes of at least 4 members (excludes halogenated alkanes) is 2. The van der Waals surface area contributed by atoms with Gasteiger partial charge in [-0.3, -0.25) is 0 Å². The molecule has 0 aromatic carbocycles. The molecule has 0 saturated heterocycles.